The fourth-order valence-corrected chi connectivity index (χ4v) is 3.88. The van der Waals surface area contributed by atoms with Crippen LogP contribution in [0.25, 0.3) is 0 Å². The van der Waals surface area contributed by atoms with Crippen molar-refractivity contribution in [3.05, 3.63) is 29.6 Å². The van der Waals surface area contributed by atoms with Crippen LogP contribution < -0.4 is 0 Å². The number of aryl methyl sites for hydroxylation is 1. The van der Waals surface area contributed by atoms with E-state index in [4.69, 9.17) is 4.74 Å². The van der Waals surface area contributed by atoms with Crippen LogP contribution in [0, 0.1) is 12.8 Å². The van der Waals surface area contributed by atoms with Crippen molar-refractivity contribution in [1.82, 2.24) is 14.8 Å². The lowest BCUT2D eigenvalue weighted by Gasteiger charge is -2.39. The van der Waals surface area contributed by atoms with E-state index in [2.05, 4.69) is 36.7 Å². The molecule has 0 bridgehead atoms. The molecule has 24 heavy (non-hydrogen) atoms. The van der Waals surface area contributed by atoms with E-state index < -0.39 is 0 Å². The second kappa shape index (κ2) is 7.62. The van der Waals surface area contributed by atoms with Crippen LogP contribution in [0.2, 0.25) is 0 Å². The molecule has 0 N–H and O–H groups in total. The maximum atomic E-state index is 12.8. The third-order valence-corrected chi connectivity index (χ3v) is 5.18. The van der Waals surface area contributed by atoms with Gasteiger partial charge >= 0.3 is 0 Å². The van der Waals surface area contributed by atoms with Gasteiger partial charge in [-0.25, -0.2) is 0 Å². The van der Waals surface area contributed by atoms with Crippen LogP contribution in [0.5, 0.6) is 0 Å². The molecular formula is C19H29N3O2. The summed E-state index contributed by atoms with van der Waals surface area (Å²) in [5.41, 5.74) is 2.39. The Morgan fingerprint density at radius 1 is 1.25 bits per heavy atom. The number of pyridine rings is 1. The predicted octanol–water partition coefficient (Wildman–Crippen LogP) is 2.24. The molecule has 0 aliphatic carbocycles. The number of amides is 1. The van der Waals surface area contributed by atoms with E-state index in [1.54, 1.807) is 0 Å². The number of morpholine rings is 1. The highest BCUT2D eigenvalue weighted by molar-refractivity contribution is 5.79. The first-order chi connectivity index (χ1) is 11.5. The molecule has 2 aliphatic heterocycles. The number of rotatable bonds is 3. The summed E-state index contributed by atoms with van der Waals surface area (Å²) >= 11 is 0. The van der Waals surface area contributed by atoms with Crippen molar-refractivity contribution in [1.29, 1.82) is 0 Å². The van der Waals surface area contributed by atoms with Crippen LogP contribution >= 0.6 is 0 Å². The van der Waals surface area contributed by atoms with Crippen molar-refractivity contribution >= 4 is 5.91 Å². The number of nitrogens with zero attached hydrogens (tertiary/aromatic N) is 3. The molecule has 2 fully saturated rings. The van der Waals surface area contributed by atoms with Crippen LogP contribution in [0.1, 0.15) is 37.9 Å². The van der Waals surface area contributed by atoms with Crippen LogP contribution in [0.15, 0.2) is 18.3 Å². The molecule has 5 heteroatoms. The highest BCUT2D eigenvalue weighted by Gasteiger charge is 2.32. The van der Waals surface area contributed by atoms with E-state index in [1.807, 2.05) is 17.2 Å². The number of hydrogen-bond acceptors (Lipinski definition) is 4. The largest absolute Gasteiger partial charge is 0.372 e. The average Bonchev–Trinajstić information content (AvgIpc) is 2.56. The first-order valence-electron chi connectivity index (χ1n) is 9.10. The molecule has 132 valence electrons. The van der Waals surface area contributed by atoms with Crippen molar-refractivity contribution in [2.24, 2.45) is 5.92 Å². The summed E-state index contributed by atoms with van der Waals surface area (Å²) < 4.78 is 5.74. The van der Waals surface area contributed by atoms with E-state index in [9.17, 15) is 4.79 Å². The summed E-state index contributed by atoms with van der Waals surface area (Å²) in [7, 11) is 0. The minimum atomic E-state index is 0.145. The number of ether oxygens (including phenoxy) is 1. The zero-order valence-corrected chi connectivity index (χ0v) is 15.1. The van der Waals surface area contributed by atoms with E-state index in [-0.39, 0.29) is 18.1 Å². The molecule has 1 aromatic heterocycles. The van der Waals surface area contributed by atoms with Gasteiger partial charge < -0.3 is 9.64 Å². The molecular weight excluding hydrogens is 302 g/mol. The lowest BCUT2D eigenvalue weighted by molar-refractivity contribution is -0.148. The van der Waals surface area contributed by atoms with Gasteiger partial charge in [-0.1, -0.05) is 6.07 Å². The zero-order valence-electron chi connectivity index (χ0n) is 15.1. The van der Waals surface area contributed by atoms with Crippen molar-refractivity contribution in [3.63, 3.8) is 0 Å². The molecule has 0 unspecified atom stereocenters. The zero-order chi connectivity index (χ0) is 17.1. The summed E-state index contributed by atoms with van der Waals surface area (Å²) in [6, 6.07) is 4.15. The quantitative estimate of drug-likeness (QED) is 0.852. The number of carbonyl (C=O) groups is 1. The Morgan fingerprint density at radius 3 is 2.54 bits per heavy atom. The first-order valence-corrected chi connectivity index (χ1v) is 9.10. The van der Waals surface area contributed by atoms with Gasteiger partial charge in [-0.3, -0.25) is 14.7 Å². The maximum absolute atomic E-state index is 12.8. The van der Waals surface area contributed by atoms with Gasteiger partial charge in [-0.05, 0) is 58.3 Å². The molecule has 3 rings (SSSR count). The van der Waals surface area contributed by atoms with Gasteiger partial charge in [0.25, 0.3) is 0 Å². The number of likely N-dealkylation sites (tertiary alicyclic amines) is 1. The van der Waals surface area contributed by atoms with Gasteiger partial charge in [0.1, 0.15) is 0 Å². The third-order valence-electron chi connectivity index (χ3n) is 5.18. The predicted molar refractivity (Wildman–Crippen MR) is 93.6 cm³/mol. The molecule has 0 aromatic carbocycles. The Hall–Kier alpha value is -1.46. The lowest BCUT2D eigenvalue weighted by Crippen LogP contribution is -2.51. The highest BCUT2D eigenvalue weighted by Crippen LogP contribution is 2.23. The molecule has 0 radical (unpaired) electrons. The first kappa shape index (κ1) is 17.4. The van der Waals surface area contributed by atoms with Gasteiger partial charge in [-0.15, -0.1) is 0 Å². The average molecular weight is 331 g/mol. The number of aromatic nitrogens is 1. The van der Waals surface area contributed by atoms with E-state index in [1.165, 1.54) is 5.56 Å². The molecule has 5 nitrogen and oxygen atoms in total. The van der Waals surface area contributed by atoms with Gasteiger partial charge in [0.2, 0.25) is 5.91 Å². The molecule has 1 amide bonds. The summed E-state index contributed by atoms with van der Waals surface area (Å²) in [5.74, 6) is 0.503. The van der Waals surface area contributed by atoms with E-state index in [0.29, 0.717) is 5.91 Å². The Kier molecular flexibility index (Phi) is 5.51. The number of piperidine rings is 1. The van der Waals surface area contributed by atoms with Crippen molar-refractivity contribution < 1.29 is 9.53 Å². The van der Waals surface area contributed by atoms with E-state index in [0.717, 1.165) is 51.3 Å². The molecule has 2 aliphatic rings. The minimum Gasteiger partial charge on any atom is -0.372 e. The Labute approximate surface area is 145 Å². The van der Waals surface area contributed by atoms with Gasteiger partial charge in [0.05, 0.1) is 12.2 Å². The van der Waals surface area contributed by atoms with Crippen LogP contribution in [0.3, 0.4) is 0 Å². The van der Waals surface area contributed by atoms with Gasteiger partial charge in [-0.2, -0.15) is 0 Å². The molecule has 0 saturated carbocycles. The molecule has 1 aromatic rings. The summed E-state index contributed by atoms with van der Waals surface area (Å²) in [6.45, 7) is 10.5. The van der Waals surface area contributed by atoms with E-state index >= 15 is 0 Å². The Balaban J connectivity index is 1.51. The fraction of sp³-hybridized carbons (Fsp3) is 0.684. The second-order valence-electron chi connectivity index (χ2n) is 7.30. The Bertz CT molecular complexity index is 559. The molecule has 2 atom stereocenters. The molecule has 2 saturated heterocycles. The maximum Gasteiger partial charge on any atom is 0.225 e. The van der Waals surface area contributed by atoms with Crippen LogP contribution in [-0.4, -0.2) is 59.1 Å². The molecule has 0 spiro atoms. The summed E-state index contributed by atoms with van der Waals surface area (Å²) in [4.78, 5) is 21.6. The monoisotopic (exact) mass is 331 g/mol. The summed E-state index contributed by atoms with van der Waals surface area (Å²) in [5, 5.41) is 0. The van der Waals surface area contributed by atoms with Crippen molar-refractivity contribution in [2.45, 2.75) is 52.4 Å². The van der Waals surface area contributed by atoms with Gasteiger partial charge in [0.15, 0.2) is 0 Å². The van der Waals surface area contributed by atoms with Crippen molar-refractivity contribution in [2.75, 3.05) is 26.2 Å². The number of carbonyl (C=O) groups excluding carboxylic acids is 1. The highest BCUT2D eigenvalue weighted by atomic mass is 16.5. The Morgan fingerprint density at radius 2 is 1.92 bits per heavy atom. The fourth-order valence-electron chi connectivity index (χ4n) is 3.88. The topological polar surface area (TPSA) is 45.7 Å². The number of hydrogen-bond donors (Lipinski definition) is 0. The second-order valence-corrected chi connectivity index (χ2v) is 7.30. The SMILES string of the molecule is Cc1ncccc1CN1CCC(C(=O)N2C[C@@H](C)O[C@@H](C)C2)CC1. The smallest absolute Gasteiger partial charge is 0.225 e. The lowest BCUT2D eigenvalue weighted by atomic mass is 9.94. The van der Waals surface area contributed by atoms with Gasteiger partial charge in [0, 0.05) is 37.4 Å². The third kappa shape index (κ3) is 4.14. The minimum absolute atomic E-state index is 0.145. The van der Waals surface area contributed by atoms with Crippen molar-refractivity contribution in [3.8, 4) is 0 Å². The van der Waals surface area contributed by atoms with Crippen LogP contribution in [-0.2, 0) is 16.1 Å². The normalized spacial score (nSPS) is 26.5. The standard InChI is InChI=1S/C19H29N3O2/c1-14-11-22(12-15(2)24-14)19(23)17-6-9-21(10-7-17)13-18-5-4-8-20-16(18)3/h4-5,8,14-15,17H,6-7,9-13H2,1-3H3/t14-,15+. The molecule has 3 heterocycles. The van der Waals surface area contributed by atoms with Crippen LogP contribution in [0.4, 0.5) is 0 Å². The summed E-state index contributed by atoms with van der Waals surface area (Å²) in [6.07, 6.45) is 4.04.